The van der Waals surface area contributed by atoms with Crippen molar-refractivity contribution in [1.29, 1.82) is 0 Å². The second kappa shape index (κ2) is 6.86. The molecule has 0 fully saturated rings. The van der Waals surface area contributed by atoms with Gasteiger partial charge in [-0.3, -0.25) is 0 Å². The Balaban J connectivity index is 2.46. The number of halogens is 3. The van der Waals surface area contributed by atoms with E-state index in [1.54, 1.807) is 12.1 Å². The van der Waals surface area contributed by atoms with E-state index in [1.165, 1.54) is 12.1 Å². The number of rotatable bonds is 4. The molecule has 0 aliphatic rings. The maximum absolute atomic E-state index is 14.6. The molecule has 0 heterocycles. The number of aliphatic hydroxyl groups excluding tert-OH is 1. The second-order valence-corrected chi connectivity index (χ2v) is 6.31. The van der Waals surface area contributed by atoms with Gasteiger partial charge >= 0.3 is 0 Å². The molecule has 0 amide bonds. The van der Waals surface area contributed by atoms with E-state index in [1.807, 2.05) is 13.8 Å². The van der Waals surface area contributed by atoms with Crippen molar-refractivity contribution in [2.24, 2.45) is 0 Å². The first-order chi connectivity index (χ1) is 10.3. The van der Waals surface area contributed by atoms with Crippen LogP contribution in [0, 0.1) is 5.82 Å². The molecule has 118 valence electrons. The van der Waals surface area contributed by atoms with Crippen LogP contribution in [0.2, 0.25) is 10.0 Å². The highest BCUT2D eigenvalue weighted by Gasteiger charge is 2.18. The molecule has 0 unspecified atom stereocenters. The van der Waals surface area contributed by atoms with Crippen LogP contribution in [-0.2, 0) is 13.0 Å². The van der Waals surface area contributed by atoms with Crippen LogP contribution in [0.5, 0.6) is 5.75 Å². The van der Waals surface area contributed by atoms with Crippen LogP contribution in [0.4, 0.5) is 4.39 Å². The molecule has 0 bridgehead atoms. The Kier molecular flexibility index (Phi) is 5.32. The van der Waals surface area contributed by atoms with Crippen LogP contribution < -0.4 is 0 Å². The number of aliphatic hydroxyl groups is 1. The van der Waals surface area contributed by atoms with E-state index in [4.69, 9.17) is 28.3 Å². The SMILES string of the molecule is CC(C)c1c(O)ccc(Cc2c(Cl)cc(CO)cc2Cl)c1F. The van der Waals surface area contributed by atoms with Crippen molar-refractivity contribution in [1.82, 2.24) is 0 Å². The van der Waals surface area contributed by atoms with Crippen LogP contribution in [0.15, 0.2) is 24.3 Å². The number of phenolic OH excluding ortho intramolecular Hbond substituents is 1. The molecule has 2 N–H and O–H groups in total. The van der Waals surface area contributed by atoms with Crippen LogP contribution >= 0.6 is 23.2 Å². The first-order valence-electron chi connectivity index (χ1n) is 6.93. The van der Waals surface area contributed by atoms with Gasteiger partial charge in [-0.1, -0.05) is 43.1 Å². The van der Waals surface area contributed by atoms with Crippen LogP contribution in [-0.4, -0.2) is 10.2 Å². The van der Waals surface area contributed by atoms with Gasteiger partial charge in [-0.25, -0.2) is 4.39 Å². The molecule has 2 nitrogen and oxygen atoms in total. The first-order valence-corrected chi connectivity index (χ1v) is 7.68. The standard InChI is InChI=1S/C17H17Cl2FO2/c1-9(2)16-15(22)4-3-11(17(16)20)7-12-13(18)5-10(8-21)6-14(12)19/h3-6,9,21-22H,7-8H2,1-2H3. The molecule has 0 atom stereocenters. The van der Waals surface area contributed by atoms with Crippen molar-refractivity contribution < 1.29 is 14.6 Å². The Labute approximate surface area is 139 Å². The van der Waals surface area contributed by atoms with Gasteiger partial charge in [-0.2, -0.15) is 0 Å². The zero-order valence-electron chi connectivity index (χ0n) is 12.3. The third-order valence-electron chi connectivity index (χ3n) is 3.56. The Morgan fingerprint density at radius 1 is 1.14 bits per heavy atom. The molecule has 0 saturated heterocycles. The van der Waals surface area contributed by atoms with Gasteiger partial charge in [0.05, 0.1) is 6.61 Å². The summed E-state index contributed by atoms with van der Waals surface area (Å²) in [6.07, 6.45) is 0.217. The zero-order valence-corrected chi connectivity index (χ0v) is 13.8. The maximum atomic E-state index is 14.6. The highest BCUT2D eigenvalue weighted by molar-refractivity contribution is 6.36. The Bertz CT molecular complexity index is 676. The van der Waals surface area contributed by atoms with Crippen LogP contribution in [0.3, 0.4) is 0 Å². The van der Waals surface area contributed by atoms with E-state index >= 15 is 0 Å². The molecule has 0 aromatic heterocycles. The summed E-state index contributed by atoms with van der Waals surface area (Å²) in [7, 11) is 0. The smallest absolute Gasteiger partial charge is 0.133 e. The zero-order chi connectivity index (χ0) is 16.4. The van der Waals surface area contributed by atoms with Crippen molar-refractivity contribution in [2.75, 3.05) is 0 Å². The lowest BCUT2D eigenvalue weighted by atomic mass is 9.95. The monoisotopic (exact) mass is 342 g/mol. The van der Waals surface area contributed by atoms with E-state index in [-0.39, 0.29) is 30.3 Å². The summed E-state index contributed by atoms with van der Waals surface area (Å²) in [5.41, 5.74) is 1.91. The Morgan fingerprint density at radius 2 is 1.73 bits per heavy atom. The van der Waals surface area contributed by atoms with E-state index in [0.717, 1.165) is 0 Å². The molecule has 0 aliphatic heterocycles. The molecule has 0 aliphatic carbocycles. The summed E-state index contributed by atoms with van der Waals surface area (Å²) >= 11 is 12.4. The average Bonchev–Trinajstić information content (AvgIpc) is 2.44. The van der Waals surface area contributed by atoms with Gasteiger partial charge in [0.1, 0.15) is 11.6 Å². The number of hydrogen-bond acceptors (Lipinski definition) is 2. The van der Waals surface area contributed by atoms with Gasteiger partial charge in [-0.15, -0.1) is 0 Å². The molecule has 2 rings (SSSR count). The fourth-order valence-corrected chi connectivity index (χ4v) is 3.09. The minimum atomic E-state index is -0.437. The molecule has 22 heavy (non-hydrogen) atoms. The highest BCUT2D eigenvalue weighted by Crippen LogP contribution is 2.34. The van der Waals surface area contributed by atoms with Crippen molar-refractivity contribution in [3.05, 3.63) is 62.4 Å². The van der Waals surface area contributed by atoms with Crippen molar-refractivity contribution in [3.8, 4) is 5.75 Å². The molecular weight excluding hydrogens is 326 g/mol. The summed E-state index contributed by atoms with van der Waals surface area (Å²) in [5.74, 6) is -0.625. The van der Waals surface area contributed by atoms with Crippen LogP contribution in [0.25, 0.3) is 0 Å². The fourth-order valence-electron chi connectivity index (χ4n) is 2.42. The fraction of sp³-hybridized carbons (Fsp3) is 0.294. The molecule has 2 aromatic carbocycles. The molecule has 0 radical (unpaired) electrons. The average molecular weight is 343 g/mol. The summed E-state index contributed by atoms with van der Waals surface area (Å²) in [6, 6.07) is 6.25. The van der Waals surface area contributed by atoms with Crippen LogP contribution in [0.1, 0.15) is 42.0 Å². The van der Waals surface area contributed by atoms with Gasteiger partial charge in [0.25, 0.3) is 0 Å². The van der Waals surface area contributed by atoms with Crippen molar-refractivity contribution in [3.63, 3.8) is 0 Å². The number of aromatic hydroxyl groups is 1. The molecule has 5 heteroatoms. The van der Waals surface area contributed by atoms with E-state index in [2.05, 4.69) is 0 Å². The largest absolute Gasteiger partial charge is 0.508 e. The van der Waals surface area contributed by atoms with Gasteiger partial charge < -0.3 is 10.2 Å². The van der Waals surface area contributed by atoms with E-state index < -0.39 is 5.82 Å². The summed E-state index contributed by atoms with van der Waals surface area (Å²) < 4.78 is 14.6. The highest BCUT2D eigenvalue weighted by atomic mass is 35.5. The minimum Gasteiger partial charge on any atom is -0.508 e. The predicted octanol–water partition coefficient (Wildman–Crippen LogP) is 5.04. The second-order valence-electron chi connectivity index (χ2n) is 5.50. The predicted molar refractivity (Wildman–Crippen MR) is 87.3 cm³/mol. The topological polar surface area (TPSA) is 40.5 Å². The normalized spacial score (nSPS) is 11.2. The van der Waals surface area contributed by atoms with Gasteiger partial charge in [0.2, 0.25) is 0 Å². The Morgan fingerprint density at radius 3 is 2.23 bits per heavy atom. The van der Waals surface area contributed by atoms with E-state index in [9.17, 15) is 9.50 Å². The first kappa shape index (κ1) is 17.1. The van der Waals surface area contributed by atoms with E-state index in [0.29, 0.717) is 26.7 Å². The summed E-state index contributed by atoms with van der Waals surface area (Å²) in [6.45, 7) is 3.47. The quantitative estimate of drug-likeness (QED) is 0.816. The lowest BCUT2D eigenvalue weighted by molar-refractivity contribution is 0.282. The summed E-state index contributed by atoms with van der Waals surface area (Å²) in [5, 5.41) is 19.7. The molecule has 0 spiro atoms. The summed E-state index contributed by atoms with van der Waals surface area (Å²) in [4.78, 5) is 0. The molecule has 2 aromatic rings. The number of hydrogen-bond donors (Lipinski definition) is 2. The maximum Gasteiger partial charge on any atom is 0.133 e. The van der Waals surface area contributed by atoms with Crippen molar-refractivity contribution in [2.45, 2.75) is 32.8 Å². The van der Waals surface area contributed by atoms with Gasteiger partial charge in [-0.05, 0) is 40.8 Å². The number of phenols is 1. The molecular formula is C17H17Cl2FO2. The molecule has 0 saturated carbocycles. The minimum absolute atomic E-state index is 0.0518. The lowest BCUT2D eigenvalue weighted by Crippen LogP contribution is -2.01. The number of benzene rings is 2. The van der Waals surface area contributed by atoms with Gasteiger partial charge in [0, 0.05) is 22.0 Å². The third kappa shape index (κ3) is 3.37. The third-order valence-corrected chi connectivity index (χ3v) is 4.24. The lowest BCUT2D eigenvalue weighted by Gasteiger charge is -2.15. The Hall–Kier alpha value is -1.29. The van der Waals surface area contributed by atoms with Crippen molar-refractivity contribution >= 4 is 23.2 Å². The van der Waals surface area contributed by atoms with Gasteiger partial charge in [0.15, 0.2) is 0 Å².